The fourth-order valence-corrected chi connectivity index (χ4v) is 3.21. The van der Waals surface area contributed by atoms with Crippen LogP contribution >= 0.6 is 0 Å². The fraction of sp³-hybridized carbons (Fsp3) is 0.571. The highest BCUT2D eigenvalue weighted by atomic mass is 16.3. The lowest BCUT2D eigenvalue weighted by atomic mass is 10.1. The van der Waals surface area contributed by atoms with Gasteiger partial charge in [0.05, 0.1) is 17.8 Å². The van der Waals surface area contributed by atoms with Crippen molar-refractivity contribution in [3.8, 4) is 0 Å². The van der Waals surface area contributed by atoms with Crippen LogP contribution in [0.25, 0.3) is 11.0 Å². The third kappa shape index (κ3) is 1.76. The summed E-state index contributed by atoms with van der Waals surface area (Å²) in [7, 11) is 0. The predicted molar refractivity (Wildman–Crippen MR) is 71.8 cm³/mol. The molecule has 4 atom stereocenters. The van der Waals surface area contributed by atoms with Crippen molar-refractivity contribution in [2.45, 2.75) is 45.4 Å². The van der Waals surface area contributed by atoms with E-state index in [1.165, 1.54) is 0 Å². The van der Waals surface area contributed by atoms with Crippen molar-refractivity contribution in [2.75, 3.05) is 0 Å². The van der Waals surface area contributed by atoms with Gasteiger partial charge in [-0.3, -0.25) is 0 Å². The summed E-state index contributed by atoms with van der Waals surface area (Å²) in [5.41, 5.74) is 2.90. The lowest BCUT2D eigenvalue weighted by Crippen LogP contribution is -2.28. The summed E-state index contributed by atoms with van der Waals surface area (Å²) in [4.78, 5) is 8.57. The van der Waals surface area contributed by atoms with Gasteiger partial charge in [-0.1, -0.05) is 6.92 Å². The number of rotatable bonds is 1. The zero-order chi connectivity index (χ0) is 13.7. The summed E-state index contributed by atoms with van der Waals surface area (Å²) in [5.74, 6) is 0.0979. The Hall–Kier alpha value is -1.46. The molecule has 0 amide bonds. The number of nitrogens with zero attached hydrogens (tertiary/aromatic N) is 3. The van der Waals surface area contributed by atoms with Gasteiger partial charge < -0.3 is 14.8 Å². The molecule has 19 heavy (non-hydrogen) atoms. The van der Waals surface area contributed by atoms with E-state index < -0.39 is 12.2 Å². The molecule has 0 saturated heterocycles. The van der Waals surface area contributed by atoms with Gasteiger partial charge in [-0.25, -0.2) is 9.97 Å². The quantitative estimate of drug-likeness (QED) is 0.813. The normalized spacial score (nSPS) is 31.2. The van der Waals surface area contributed by atoms with Crippen molar-refractivity contribution in [1.82, 2.24) is 14.5 Å². The van der Waals surface area contributed by atoms with E-state index in [0.29, 0.717) is 0 Å². The molecule has 3 rings (SSSR count). The lowest BCUT2D eigenvalue weighted by molar-refractivity contribution is 0.00970. The van der Waals surface area contributed by atoms with Gasteiger partial charge in [-0.2, -0.15) is 0 Å². The number of aliphatic hydroxyl groups excluding tert-OH is 2. The SMILES string of the molecule is Cc1cn([C@@H]2C[C@@H](C)[C@@H](O)[C@H]2O)c2ncnc(C)c12. The molecule has 5 heteroatoms. The minimum Gasteiger partial charge on any atom is -0.390 e. The largest absolute Gasteiger partial charge is 0.390 e. The Morgan fingerprint density at radius 2 is 1.95 bits per heavy atom. The molecule has 1 saturated carbocycles. The van der Waals surface area contributed by atoms with Gasteiger partial charge in [0.1, 0.15) is 18.1 Å². The summed E-state index contributed by atoms with van der Waals surface area (Å²) in [5, 5.41) is 21.2. The highest BCUT2D eigenvalue weighted by Crippen LogP contribution is 2.37. The second kappa shape index (κ2) is 4.28. The number of hydrogen-bond acceptors (Lipinski definition) is 4. The van der Waals surface area contributed by atoms with Crippen molar-refractivity contribution in [2.24, 2.45) is 5.92 Å². The maximum Gasteiger partial charge on any atom is 0.144 e. The second-order valence-corrected chi connectivity index (χ2v) is 5.64. The number of aliphatic hydroxyl groups is 2. The average molecular weight is 261 g/mol. The van der Waals surface area contributed by atoms with E-state index >= 15 is 0 Å². The van der Waals surface area contributed by atoms with Crippen molar-refractivity contribution < 1.29 is 10.2 Å². The van der Waals surface area contributed by atoms with Crippen LogP contribution in [0.15, 0.2) is 12.5 Å². The minimum atomic E-state index is -0.736. The van der Waals surface area contributed by atoms with Gasteiger partial charge in [0.25, 0.3) is 0 Å². The van der Waals surface area contributed by atoms with Crippen LogP contribution in [0.2, 0.25) is 0 Å². The van der Waals surface area contributed by atoms with Crippen LogP contribution in [0.4, 0.5) is 0 Å². The predicted octanol–water partition coefficient (Wildman–Crippen LogP) is 1.35. The van der Waals surface area contributed by atoms with Crippen molar-refractivity contribution in [3.63, 3.8) is 0 Å². The molecule has 1 fully saturated rings. The molecule has 0 aromatic carbocycles. The van der Waals surface area contributed by atoms with Crippen LogP contribution in [-0.2, 0) is 0 Å². The van der Waals surface area contributed by atoms with Gasteiger partial charge in [-0.05, 0) is 31.7 Å². The Morgan fingerprint density at radius 3 is 2.58 bits per heavy atom. The summed E-state index contributed by atoms with van der Waals surface area (Å²) >= 11 is 0. The van der Waals surface area contributed by atoms with Crippen LogP contribution in [0.1, 0.15) is 30.6 Å². The average Bonchev–Trinajstić information content (AvgIpc) is 2.83. The van der Waals surface area contributed by atoms with E-state index in [1.54, 1.807) is 6.33 Å². The maximum absolute atomic E-state index is 10.2. The van der Waals surface area contributed by atoms with Crippen molar-refractivity contribution >= 4 is 11.0 Å². The third-order valence-electron chi connectivity index (χ3n) is 4.29. The van der Waals surface area contributed by atoms with Crippen LogP contribution < -0.4 is 0 Å². The molecule has 2 aromatic rings. The Kier molecular flexibility index (Phi) is 2.83. The summed E-state index contributed by atoms with van der Waals surface area (Å²) < 4.78 is 2.00. The molecule has 5 nitrogen and oxygen atoms in total. The first-order valence-electron chi connectivity index (χ1n) is 6.65. The molecule has 0 unspecified atom stereocenters. The van der Waals surface area contributed by atoms with E-state index in [4.69, 9.17) is 0 Å². The molecule has 2 aromatic heterocycles. The zero-order valence-electron chi connectivity index (χ0n) is 11.4. The summed E-state index contributed by atoms with van der Waals surface area (Å²) in [6, 6.07) is -0.115. The lowest BCUT2D eigenvalue weighted by Gasteiger charge is -2.18. The highest BCUT2D eigenvalue weighted by Gasteiger charge is 2.40. The first kappa shape index (κ1) is 12.6. The topological polar surface area (TPSA) is 71.2 Å². The number of fused-ring (bicyclic) bond motifs is 1. The van der Waals surface area contributed by atoms with Crippen LogP contribution in [0, 0.1) is 19.8 Å². The van der Waals surface area contributed by atoms with Crippen molar-refractivity contribution in [3.05, 3.63) is 23.8 Å². The molecule has 102 valence electrons. The van der Waals surface area contributed by atoms with Crippen LogP contribution in [0.5, 0.6) is 0 Å². The van der Waals surface area contributed by atoms with E-state index in [9.17, 15) is 10.2 Å². The number of aromatic nitrogens is 3. The Morgan fingerprint density at radius 1 is 1.21 bits per heavy atom. The van der Waals surface area contributed by atoms with E-state index in [2.05, 4.69) is 9.97 Å². The Labute approximate surface area is 111 Å². The third-order valence-corrected chi connectivity index (χ3v) is 4.29. The first-order valence-corrected chi connectivity index (χ1v) is 6.65. The van der Waals surface area contributed by atoms with Gasteiger partial charge in [0.2, 0.25) is 0 Å². The molecular formula is C14H19N3O2. The summed E-state index contributed by atoms with van der Waals surface area (Å²) in [6.07, 6.45) is 2.92. The molecule has 1 aliphatic carbocycles. The van der Waals surface area contributed by atoms with Crippen LogP contribution in [-0.4, -0.2) is 37.0 Å². The van der Waals surface area contributed by atoms with Gasteiger partial charge in [-0.15, -0.1) is 0 Å². The number of hydrogen-bond donors (Lipinski definition) is 2. The van der Waals surface area contributed by atoms with Gasteiger partial charge in [0, 0.05) is 11.6 Å². The molecule has 0 aliphatic heterocycles. The van der Waals surface area contributed by atoms with Crippen LogP contribution in [0.3, 0.4) is 0 Å². The molecule has 0 radical (unpaired) electrons. The first-order chi connectivity index (χ1) is 9.00. The van der Waals surface area contributed by atoms with Gasteiger partial charge in [0.15, 0.2) is 0 Å². The van der Waals surface area contributed by atoms with E-state index in [-0.39, 0.29) is 12.0 Å². The smallest absolute Gasteiger partial charge is 0.144 e. The van der Waals surface area contributed by atoms with E-state index in [1.807, 2.05) is 31.5 Å². The van der Waals surface area contributed by atoms with Crippen molar-refractivity contribution in [1.29, 1.82) is 0 Å². The Balaban J connectivity index is 2.14. The molecule has 1 aliphatic rings. The molecular weight excluding hydrogens is 242 g/mol. The summed E-state index contributed by atoms with van der Waals surface area (Å²) in [6.45, 7) is 5.95. The molecule has 2 heterocycles. The number of aryl methyl sites for hydroxylation is 2. The highest BCUT2D eigenvalue weighted by molar-refractivity contribution is 5.82. The Bertz CT molecular complexity index is 622. The maximum atomic E-state index is 10.2. The zero-order valence-corrected chi connectivity index (χ0v) is 11.4. The second-order valence-electron chi connectivity index (χ2n) is 5.64. The van der Waals surface area contributed by atoms with E-state index in [0.717, 1.165) is 28.7 Å². The molecule has 0 bridgehead atoms. The molecule has 2 N–H and O–H groups in total. The minimum absolute atomic E-state index is 0.0979. The van der Waals surface area contributed by atoms with Gasteiger partial charge >= 0.3 is 0 Å². The standard InChI is InChI=1S/C14H19N3O2/c1-7-4-10(13(19)12(7)18)17-5-8(2)11-9(3)15-6-16-14(11)17/h5-7,10,12-13,18-19H,4H2,1-3H3/t7-,10-,12-,13+/m1/s1. The monoisotopic (exact) mass is 261 g/mol. The molecule has 0 spiro atoms. The fourth-order valence-electron chi connectivity index (χ4n) is 3.21.